The molecule has 29 heavy (non-hydrogen) atoms. The third-order valence-corrected chi connectivity index (χ3v) is 5.49. The van der Waals surface area contributed by atoms with Crippen LogP contribution in [0.2, 0.25) is 0 Å². The lowest BCUT2D eigenvalue weighted by Gasteiger charge is -2.08. The zero-order chi connectivity index (χ0) is 20.1. The zero-order valence-corrected chi connectivity index (χ0v) is 16.9. The van der Waals surface area contributed by atoms with Crippen LogP contribution in [0.1, 0.15) is 17.5 Å². The number of nitrogens with zero attached hydrogens (tertiary/aromatic N) is 2. The first-order chi connectivity index (χ1) is 14.2. The standard InChI is InChI=1S/C24H21N3OS/c1-17-11-13-18(14-12-17)22-15-24(27-21-10-6-5-9-20(21)26-22)29-16-23(28)25-19-7-3-2-4-8-19/h2-14H,15-16H2,1H3,(H,25,28). The molecule has 3 aromatic rings. The van der Waals surface area contributed by atoms with Gasteiger partial charge in [0, 0.05) is 12.1 Å². The largest absolute Gasteiger partial charge is 0.325 e. The molecule has 4 rings (SSSR count). The van der Waals surface area contributed by atoms with Gasteiger partial charge in [0.15, 0.2) is 0 Å². The van der Waals surface area contributed by atoms with E-state index < -0.39 is 0 Å². The predicted octanol–water partition coefficient (Wildman–Crippen LogP) is 5.92. The Morgan fingerprint density at radius 2 is 1.55 bits per heavy atom. The van der Waals surface area contributed by atoms with Crippen molar-refractivity contribution >= 4 is 45.5 Å². The normalized spacial score (nSPS) is 13.0. The highest BCUT2D eigenvalue weighted by Gasteiger charge is 2.16. The highest BCUT2D eigenvalue weighted by atomic mass is 32.2. The number of thioether (sulfide) groups is 1. The molecule has 3 aromatic carbocycles. The number of amides is 1. The number of para-hydroxylation sites is 3. The number of anilines is 1. The molecule has 1 aliphatic heterocycles. The molecule has 0 bridgehead atoms. The van der Waals surface area contributed by atoms with Crippen molar-refractivity contribution < 1.29 is 4.79 Å². The molecule has 1 heterocycles. The van der Waals surface area contributed by atoms with Crippen molar-refractivity contribution in [3.63, 3.8) is 0 Å². The quantitative estimate of drug-likeness (QED) is 0.592. The van der Waals surface area contributed by atoms with Gasteiger partial charge in [-0.05, 0) is 36.8 Å². The molecule has 0 saturated heterocycles. The maximum Gasteiger partial charge on any atom is 0.234 e. The smallest absolute Gasteiger partial charge is 0.234 e. The third kappa shape index (κ3) is 5.00. The SMILES string of the molecule is Cc1ccc(C2=Nc3ccccc3N=C(SCC(=O)Nc3ccccc3)C2)cc1. The number of rotatable bonds is 4. The average Bonchev–Trinajstić information content (AvgIpc) is 2.93. The van der Waals surface area contributed by atoms with Gasteiger partial charge in [-0.2, -0.15) is 0 Å². The van der Waals surface area contributed by atoms with Gasteiger partial charge in [0.05, 0.1) is 27.9 Å². The Balaban J connectivity index is 1.53. The second-order valence-corrected chi connectivity index (χ2v) is 7.85. The fourth-order valence-electron chi connectivity index (χ4n) is 3.02. The van der Waals surface area contributed by atoms with Crippen LogP contribution in [0.5, 0.6) is 0 Å². The number of nitrogens with one attached hydrogen (secondary N) is 1. The summed E-state index contributed by atoms with van der Waals surface area (Å²) in [6.07, 6.45) is 0.598. The summed E-state index contributed by atoms with van der Waals surface area (Å²) >= 11 is 1.46. The summed E-state index contributed by atoms with van der Waals surface area (Å²) in [5, 5.41) is 3.81. The summed E-state index contributed by atoms with van der Waals surface area (Å²) in [5.41, 5.74) is 5.74. The molecule has 0 aliphatic carbocycles. The second kappa shape index (κ2) is 8.88. The Morgan fingerprint density at radius 1 is 0.897 bits per heavy atom. The van der Waals surface area contributed by atoms with E-state index in [0.717, 1.165) is 33.4 Å². The number of carbonyl (C=O) groups excluding carboxylic acids is 1. The van der Waals surface area contributed by atoms with Gasteiger partial charge in [0.1, 0.15) is 0 Å². The van der Waals surface area contributed by atoms with E-state index in [0.29, 0.717) is 12.2 Å². The predicted molar refractivity (Wildman–Crippen MR) is 123 cm³/mol. The van der Waals surface area contributed by atoms with Crippen LogP contribution in [0.4, 0.5) is 17.1 Å². The maximum absolute atomic E-state index is 12.4. The molecular formula is C24H21N3OS. The van der Waals surface area contributed by atoms with E-state index in [4.69, 9.17) is 9.98 Å². The number of benzene rings is 3. The molecular weight excluding hydrogens is 378 g/mol. The van der Waals surface area contributed by atoms with Gasteiger partial charge in [0.2, 0.25) is 5.91 Å². The summed E-state index contributed by atoms with van der Waals surface area (Å²) in [7, 11) is 0. The minimum Gasteiger partial charge on any atom is -0.325 e. The third-order valence-electron chi connectivity index (χ3n) is 4.51. The minimum atomic E-state index is -0.0461. The van der Waals surface area contributed by atoms with Gasteiger partial charge in [-0.3, -0.25) is 9.79 Å². The molecule has 0 saturated carbocycles. The van der Waals surface area contributed by atoms with Gasteiger partial charge in [0.25, 0.3) is 0 Å². The number of aryl methyl sites for hydroxylation is 1. The van der Waals surface area contributed by atoms with E-state index in [9.17, 15) is 4.79 Å². The van der Waals surface area contributed by atoms with E-state index in [2.05, 4.69) is 36.5 Å². The Kier molecular flexibility index (Phi) is 5.86. The molecule has 0 atom stereocenters. The molecule has 1 aliphatic rings. The summed E-state index contributed by atoms with van der Waals surface area (Å²) in [6, 6.07) is 25.7. The van der Waals surface area contributed by atoms with E-state index in [1.807, 2.05) is 54.6 Å². The molecule has 5 heteroatoms. The van der Waals surface area contributed by atoms with Crippen LogP contribution in [-0.2, 0) is 4.79 Å². The Morgan fingerprint density at radius 3 is 2.28 bits per heavy atom. The van der Waals surface area contributed by atoms with Crippen LogP contribution < -0.4 is 5.32 Å². The van der Waals surface area contributed by atoms with Crippen molar-refractivity contribution in [3.8, 4) is 0 Å². The van der Waals surface area contributed by atoms with Crippen molar-refractivity contribution in [2.45, 2.75) is 13.3 Å². The fraction of sp³-hybridized carbons (Fsp3) is 0.125. The van der Waals surface area contributed by atoms with Gasteiger partial charge in [-0.25, -0.2) is 4.99 Å². The Hall–Kier alpha value is -3.18. The summed E-state index contributed by atoms with van der Waals surface area (Å²) in [5.74, 6) is 0.257. The first-order valence-corrected chi connectivity index (χ1v) is 10.4. The number of hydrogen-bond donors (Lipinski definition) is 1. The first-order valence-electron chi connectivity index (χ1n) is 9.46. The lowest BCUT2D eigenvalue weighted by molar-refractivity contribution is -0.113. The highest BCUT2D eigenvalue weighted by molar-refractivity contribution is 8.14. The van der Waals surface area contributed by atoms with Crippen LogP contribution in [0, 0.1) is 6.92 Å². The second-order valence-electron chi connectivity index (χ2n) is 6.80. The molecule has 0 radical (unpaired) electrons. The van der Waals surface area contributed by atoms with E-state index >= 15 is 0 Å². The monoisotopic (exact) mass is 399 g/mol. The summed E-state index contributed by atoms with van der Waals surface area (Å²) in [4.78, 5) is 22.0. The molecule has 0 fully saturated rings. The highest BCUT2D eigenvalue weighted by Crippen LogP contribution is 2.33. The van der Waals surface area contributed by atoms with E-state index in [1.54, 1.807) is 0 Å². The number of fused-ring (bicyclic) bond motifs is 1. The van der Waals surface area contributed by atoms with Crippen molar-refractivity contribution in [1.29, 1.82) is 0 Å². The van der Waals surface area contributed by atoms with Crippen LogP contribution in [0.15, 0.2) is 88.8 Å². The van der Waals surface area contributed by atoms with Crippen LogP contribution in [0.3, 0.4) is 0 Å². The Labute approximate surface area is 174 Å². The molecule has 144 valence electrons. The van der Waals surface area contributed by atoms with Gasteiger partial charge in [-0.1, -0.05) is 60.2 Å². The zero-order valence-electron chi connectivity index (χ0n) is 16.1. The van der Waals surface area contributed by atoms with Gasteiger partial charge < -0.3 is 5.32 Å². The Bertz CT molecular complexity index is 1070. The van der Waals surface area contributed by atoms with Crippen LogP contribution in [0.25, 0.3) is 0 Å². The topological polar surface area (TPSA) is 53.8 Å². The summed E-state index contributed by atoms with van der Waals surface area (Å²) < 4.78 is 0. The van der Waals surface area contributed by atoms with E-state index in [1.165, 1.54) is 17.3 Å². The molecule has 1 amide bonds. The van der Waals surface area contributed by atoms with Crippen molar-refractivity contribution in [3.05, 3.63) is 90.0 Å². The van der Waals surface area contributed by atoms with Crippen LogP contribution in [-0.4, -0.2) is 22.4 Å². The number of hydrogen-bond acceptors (Lipinski definition) is 4. The van der Waals surface area contributed by atoms with Crippen molar-refractivity contribution in [2.24, 2.45) is 9.98 Å². The molecule has 0 aromatic heterocycles. The summed E-state index contributed by atoms with van der Waals surface area (Å²) in [6.45, 7) is 2.07. The average molecular weight is 400 g/mol. The minimum absolute atomic E-state index is 0.0461. The molecule has 0 unspecified atom stereocenters. The lowest BCUT2D eigenvalue weighted by atomic mass is 10.1. The lowest BCUT2D eigenvalue weighted by Crippen LogP contribution is -2.16. The van der Waals surface area contributed by atoms with Crippen LogP contribution >= 0.6 is 11.8 Å². The fourth-order valence-corrected chi connectivity index (χ4v) is 3.79. The van der Waals surface area contributed by atoms with Gasteiger partial charge >= 0.3 is 0 Å². The van der Waals surface area contributed by atoms with E-state index in [-0.39, 0.29) is 5.91 Å². The number of carbonyl (C=O) groups is 1. The maximum atomic E-state index is 12.4. The molecule has 0 spiro atoms. The number of aliphatic imine (C=N–C) groups is 2. The van der Waals surface area contributed by atoms with Gasteiger partial charge in [-0.15, -0.1) is 11.8 Å². The molecule has 4 nitrogen and oxygen atoms in total. The van der Waals surface area contributed by atoms with Crippen molar-refractivity contribution in [2.75, 3.05) is 11.1 Å². The molecule has 1 N–H and O–H groups in total. The first kappa shape index (κ1) is 19.2. The van der Waals surface area contributed by atoms with Crippen molar-refractivity contribution in [1.82, 2.24) is 0 Å².